The Morgan fingerprint density at radius 2 is 2.04 bits per heavy atom. The van der Waals surface area contributed by atoms with E-state index in [1.807, 2.05) is 0 Å². The van der Waals surface area contributed by atoms with Gasteiger partial charge in [0.1, 0.15) is 0 Å². The number of allylic oxidation sites excluding steroid dienone is 2. The summed E-state index contributed by atoms with van der Waals surface area (Å²) in [7, 11) is 0. The van der Waals surface area contributed by atoms with E-state index in [-0.39, 0.29) is 16.7 Å². The number of nitro benzene ring substituents is 1. The molecule has 3 atom stereocenters. The number of anilines is 1. The predicted molar refractivity (Wildman–Crippen MR) is 95.6 cm³/mol. The van der Waals surface area contributed by atoms with Crippen LogP contribution in [0.15, 0.2) is 48.6 Å². The molecule has 1 aliphatic heterocycles. The van der Waals surface area contributed by atoms with Crippen molar-refractivity contribution in [1.29, 1.82) is 0 Å². The monoisotopic (exact) mass is 340 g/mol. The Hall–Kier alpha value is -2.33. The molecular formula is C19H17ClN2O2. The summed E-state index contributed by atoms with van der Waals surface area (Å²) in [5.41, 5.74) is 4.50. The molecule has 0 bridgehead atoms. The van der Waals surface area contributed by atoms with Crippen LogP contribution in [0.4, 0.5) is 11.4 Å². The van der Waals surface area contributed by atoms with Crippen LogP contribution in [0.1, 0.15) is 35.1 Å². The molecule has 0 amide bonds. The minimum absolute atomic E-state index is 0.0346. The van der Waals surface area contributed by atoms with E-state index in [0.717, 1.165) is 17.7 Å². The van der Waals surface area contributed by atoms with Gasteiger partial charge in [-0.1, -0.05) is 41.4 Å². The van der Waals surface area contributed by atoms with E-state index < -0.39 is 0 Å². The largest absolute Gasteiger partial charge is 0.378 e. The Morgan fingerprint density at radius 1 is 1.21 bits per heavy atom. The highest BCUT2D eigenvalue weighted by atomic mass is 35.5. The molecule has 0 saturated heterocycles. The Bertz CT molecular complexity index is 862. The van der Waals surface area contributed by atoms with E-state index in [0.29, 0.717) is 16.9 Å². The van der Waals surface area contributed by atoms with Gasteiger partial charge in [-0.25, -0.2) is 0 Å². The smallest absolute Gasteiger partial charge is 0.269 e. The number of nitro groups is 1. The third-order valence-corrected chi connectivity index (χ3v) is 5.39. The standard InChI is InChI=1S/C19H17ClN2O2/c1-11-5-8-18-15(9-11)13-3-2-4-14(13)19(21-18)16-10-12(22(23)24)6-7-17(16)20/h2-3,5-10,13-14,19,21H,4H2,1H3. The maximum absolute atomic E-state index is 11.1. The number of nitrogens with zero attached hydrogens (tertiary/aromatic N) is 1. The summed E-state index contributed by atoms with van der Waals surface area (Å²) in [6.07, 6.45) is 5.39. The van der Waals surface area contributed by atoms with Gasteiger partial charge in [0, 0.05) is 34.3 Å². The molecule has 4 nitrogen and oxygen atoms in total. The number of fused-ring (bicyclic) bond motifs is 3. The lowest BCUT2D eigenvalue weighted by atomic mass is 9.76. The fourth-order valence-corrected chi connectivity index (χ4v) is 4.14. The zero-order valence-electron chi connectivity index (χ0n) is 13.2. The first-order chi connectivity index (χ1) is 11.5. The number of benzene rings is 2. The van der Waals surface area contributed by atoms with E-state index in [1.165, 1.54) is 17.2 Å². The first kappa shape index (κ1) is 15.2. The van der Waals surface area contributed by atoms with Crippen LogP contribution in [0.25, 0.3) is 0 Å². The molecule has 122 valence electrons. The highest BCUT2D eigenvalue weighted by Gasteiger charge is 2.39. The van der Waals surface area contributed by atoms with Crippen molar-refractivity contribution >= 4 is 23.0 Å². The van der Waals surface area contributed by atoms with Gasteiger partial charge in [0.05, 0.1) is 11.0 Å². The Labute approximate surface area is 145 Å². The van der Waals surface area contributed by atoms with Crippen LogP contribution in [0.3, 0.4) is 0 Å². The number of halogens is 1. The Morgan fingerprint density at radius 3 is 2.83 bits per heavy atom. The molecule has 5 heteroatoms. The van der Waals surface area contributed by atoms with Crippen LogP contribution in [0.5, 0.6) is 0 Å². The van der Waals surface area contributed by atoms with Crippen LogP contribution in [-0.4, -0.2) is 4.92 Å². The average molecular weight is 341 g/mol. The summed E-state index contributed by atoms with van der Waals surface area (Å²) in [4.78, 5) is 10.8. The van der Waals surface area contributed by atoms with Crippen molar-refractivity contribution in [3.8, 4) is 0 Å². The van der Waals surface area contributed by atoms with Crippen molar-refractivity contribution in [2.75, 3.05) is 5.32 Å². The van der Waals surface area contributed by atoms with Crippen molar-refractivity contribution in [3.63, 3.8) is 0 Å². The first-order valence-corrected chi connectivity index (χ1v) is 8.40. The zero-order chi connectivity index (χ0) is 16.8. The quantitative estimate of drug-likeness (QED) is 0.453. The fraction of sp³-hybridized carbons (Fsp3) is 0.263. The summed E-state index contributed by atoms with van der Waals surface area (Å²) in [5.74, 6) is 0.639. The molecule has 0 fully saturated rings. The minimum atomic E-state index is -0.371. The minimum Gasteiger partial charge on any atom is -0.378 e. The van der Waals surface area contributed by atoms with Gasteiger partial charge in [0.2, 0.25) is 0 Å². The molecule has 2 aromatic carbocycles. The number of aryl methyl sites for hydroxylation is 1. The summed E-state index contributed by atoms with van der Waals surface area (Å²) < 4.78 is 0. The average Bonchev–Trinajstić information content (AvgIpc) is 3.04. The SMILES string of the molecule is Cc1ccc2c(c1)C1C=CCC1C(c1cc([N+](=O)[O-])ccc1Cl)N2. The zero-order valence-corrected chi connectivity index (χ0v) is 14.0. The van der Waals surface area contributed by atoms with Crippen LogP contribution < -0.4 is 5.32 Å². The lowest BCUT2D eigenvalue weighted by molar-refractivity contribution is -0.384. The van der Waals surface area contributed by atoms with Crippen molar-refractivity contribution in [1.82, 2.24) is 0 Å². The third kappa shape index (κ3) is 2.38. The second-order valence-corrected chi connectivity index (χ2v) is 6.94. The lowest BCUT2D eigenvalue weighted by Gasteiger charge is -2.38. The molecule has 1 N–H and O–H groups in total. The third-order valence-electron chi connectivity index (χ3n) is 5.04. The van der Waals surface area contributed by atoms with E-state index >= 15 is 0 Å². The normalized spacial score (nSPS) is 24.2. The number of hydrogen-bond acceptors (Lipinski definition) is 3. The molecule has 3 unspecified atom stereocenters. The molecule has 24 heavy (non-hydrogen) atoms. The van der Waals surface area contributed by atoms with Gasteiger partial charge >= 0.3 is 0 Å². The van der Waals surface area contributed by atoms with Gasteiger partial charge < -0.3 is 5.32 Å². The topological polar surface area (TPSA) is 55.2 Å². The Balaban J connectivity index is 1.81. The van der Waals surface area contributed by atoms with Crippen LogP contribution in [0, 0.1) is 23.0 Å². The van der Waals surface area contributed by atoms with Gasteiger partial charge in [-0.2, -0.15) is 0 Å². The van der Waals surface area contributed by atoms with Crippen LogP contribution >= 0.6 is 11.6 Å². The summed E-state index contributed by atoms with van der Waals surface area (Å²) >= 11 is 6.39. The number of non-ortho nitro benzene ring substituents is 1. The number of hydrogen-bond donors (Lipinski definition) is 1. The van der Waals surface area contributed by atoms with Crippen molar-refractivity contribution in [3.05, 3.63) is 80.4 Å². The van der Waals surface area contributed by atoms with Crippen LogP contribution in [0.2, 0.25) is 5.02 Å². The fourth-order valence-electron chi connectivity index (χ4n) is 3.90. The first-order valence-electron chi connectivity index (χ1n) is 8.02. The second kappa shape index (κ2) is 5.64. The van der Waals surface area contributed by atoms with E-state index in [2.05, 4.69) is 42.6 Å². The molecular weight excluding hydrogens is 324 g/mol. The maximum Gasteiger partial charge on any atom is 0.269 e. The van der Waals surface area contributed by atoms with Crippen LogP contribution in [-0.2, 0) is 0 Å². The van der Waals surface area contributed by atoms with Gasteiger partial charge in [0.15, 0.2) is 0 Å². The number of nitrogens with one attached hydrogen (secondary N) is 1. The second-order valence-electron chi connectivity index (χ2n) is 6.53. The molecule has 0 radical (unpaired) electrons. The highest BCUT2D eigenvalue weighted by Crippen LogP contribution is 2.51. The molecule has 2 aromatic rings. The molecule has 0 aromatic heterocycles. The molecule has 1 aliphatic carbocycles. The van der Waals surface area contributed by atoms with Crippen molar-refractivity contribution in [2.24, 2.45) is 5.92 Å². The van der Waals surface area contributed by atoms with Crippen molar-refractivity contribution < 1.29 is 4.92 Å². The molecule has 0 spiro atoms. The van der Waals surface area contributed by atoms with E-state index in [4.69, 9.17) is 11.6 Å². The van der Waals surface area contributed by atoms with Gasteiger partial charge in [0.25, 0.3) is 5.69 Å². The van der Waals surface area contributed by atoms with Crippen molar-refractivity contribution in [2.45, 2.75) is 25.3 Å². The molecule has 0 saturated carbocycles. The van der Waals surface area contributed by atoms with Gasteiger partial charge in [-0.15, -0.1) is 0 Å². The Kier molecular flexibility index (Phi) is 3.57. The van der Waals surface area contributed by atoms with E-state index in [9.17, 15) is 10.1 Å². The molecule has 2 aliphatic rings. The lowest BCUT2D eigenvalue weighted by Crippen LogP contribution is -2.29. The molecule has 4 rings (SSSR count). The summed E-state index contributed by atoms with van der Waals surface area (Å²) in [5, 5.41) is 15.3. The summed E-state index contributed by atoms with van der Waals surface area (Å²) in [6.45, 7) is 2.09. The highest BCUT2D eigenvalue weighted by molar-refractivity contribution is 6.31. The number of rotatable bonds is 2. The van der Waals surface area contributed by atoms with Gasteiger partial charge in [-0.3, -0.25) is 10.1 Å². The van der Waals surface area contributed by atoms with Gasteiger partial charge in [-0.05, 0) is 37.0 Å². The molecule has 1 heterocycles. The summed E-state index contributed by atoms with van der Waals surface area (Å²) in [6, 6.07) is 11.0. The van der Waals surface area contributed by atoms with E-state index in [1.54, 1.807) is 12.1 Å². The maximum atomic E-state index is 11.1. The predicted octanol–water partition coefficient (Wildman–Crippen LogP) is 5.38.